The highest BCUT2D eigenvalue weighted by atomic mass is 15.2. The van der Waals surface area contributed by atoms with Crippen molar-refractivity contribution < 1.29 is 0 Å². The molecule has 3 heteroatoms. The largest absolute Gasteiger partial charge is 0.316 e. The maximum Gasteiger partial charge on any atom is 0.0105 e. The van der Waals surface area contributed by atoms with Gasteiger partial charge in [-0.1, -0.05) is 13.8 Å². The molecule has 0 aromatic heterocycles. The van der Waals surface area contributed by atoms with Crippen molar-refractivity contribution in [2.24, 2.45) is 11.8 Å². The van der Waals surface area contributed by atoms with Crippen LogP contribution in [0.1, 0.15) is 52.9 Å². The minimum absolute atomic E-state index is 0.724. The van der Waals surface area contributed by atoms with Crippen LogP contribution in [0.25, 0.3) is 0 Å². The Bertz CT molecular complexity index is 268. The lowest BCUT2D eigenvalue weighted by Crippen LogP contribution is -2.46. The SMILES string of the molecule is CCCNCC(C)C(C)N1CCC(CN2CCCC2)CC1. The second-order valence-electron chi connectivity index (χ2n) is 7.41. The van der Waals surface area contributed by atoms with Gasteiger partial charge in [-0.3, -0.25) is 0 Å². The molecule has 2 aliphatic heterocycles. The third kappa shape index (κ3) is 5.54. The van der Waals surface area contributed by atoms with Crippen LogP contribution in [0, 0.1) is 11.8 Å². The van der Waals surface area contributed by atoms with Crippen LogP contribution in [0.15, 0.2) is 0 Å². The molecule has 0 bridgehead atoms. The van der Waals surface area contributed by atoms with E-state index in [-0.39, 0.29) is 0 Å². The maximum atomic E-state index is 3.58. The van der Waals surface area contributed by atoms with Crippen molar-refractivity contribution in [3.8, 4) is 0 Å². The molecule has 0 aromatic rings. The summed E-state index contributed by atoms with van der Waals surface area (Å²) in [5.74, 6) is 1.71. The fourth-order valence-electron chi connectivity index (χ4n) is 3.91. The van der Waals surface area contributed by atoms with E-state index in [1.54, 1.807) is 0 Å². The summed E-state index contributed by atoms with van der Waals surface area (Å²) in [6.45, 7) is 16.1. The van der Waals surface area contributed by atoms with Gasteiger partial charge in [0.05, 0.1) is 0 Å². The molecule has 0 saturated carbocycles. The van der Waals surface area contributed by atoms with Crippen LogP contribution < -0.4 is 5.32 Å². The molecule has 2 aliphatic rings. The Morgan fingerprint density at radius 3 is 2.33 bits per heavy atom. The first-order chi connectivity index (χ1) is 10.2. The predicted molar refractivity (Wildman–Crippen MR) is 91.8 cm³/mol. The Labute approximate surface area is 132 Å². The zero-order valence-electron chi connectivity index (χ0n) is 14.6. The van der Waals surface area contributed by atoms with E-state index in [2.05, 4.69) is 35.9 Å². The zero-order chi connectivity index (χ0) is 15.1. The molecular formula is C18H37N3. The molecule has 2 heterocycles. The van der Waals surface area contributed by atoms with Crippen molar-refractivity contribution in [1.82, 2.24) is 15.1 Å². The number of hydrogen-bond acceptors (Lipinski definition) is 3. The van der Waals surface area contributed by atoms with Gasteiger partial charge in [0, 0.05) is 12.6 Å². The molecule has 0 aromatic carbocycles. The van der Waals surface area contributed by atoms with E-state index >= 15 is 0 Å². The predicted octanol–water partition coefficient (Wildman–Crippen LogP) is 2.82. The first-order valence-corrected chi connectivity index (χ1v) is 9.37. The van der Waals surface area contributed by atoms with Gasteiger partial charge in [0.15, 0.2) is 0 Å². The summed E-state index contributed by atoms with van der Waals surface area (Å²) in [6, 6.07) is 0.724. The van der Waals surface area contributed by atoms with Gasteiger partial charge in [0.25, 0.3) is 0 Å². The third-order valence-corrected chi connectivity index (χ3v) is 5.66. The second kappa shape index (κ2) is 9.12. The highest BCUT2D eigenvalue weighted by Gasteiger charge is 2.27. The molecule has 0 spiro atoms. The summed E-state index contributed by atoms with van der Waals surface area (Å²) in [7, 11) is 0. The summed E-state index contributed by atoms with van der Waals surface area (Å²) in [5, 5.41) is 3.58. The lowest BCUT2D eigenvalue weighted by atomic mass is 9.93. The number of likely N-dealkylation sites (tertiary alicyclic amines) is 2. The van der Waals surface area contributed by atoms with E-state index in [0.717, 1.165) is 24.4 Å². The number of nitrogens with one attached hydrogen (secondary N) is 1. The Kier molecular flexibility index (Phi) is 7.48. The Morgan fingerprint density at radius 2 is 1.71 bits per heavy atom. The van der Waals surface area contributed by atoms with Gasteiger partial charge in [0.1, 0.15) is 0 Å². The molecule has 0 amide bonds. The topological polar surface area (TPSA) is 18.5 Å². The van der Waals surface area contributed by atoms with Gasteiger partial charge in [0.2, 0.25) is 0 Å². The molecule has 124 valence electrons. The summed E-state index contributed by atoms with van der Waals surface area (Å²) in [5.41, 5.74) is 0. The van der Waals surface area contributed by atoms with Crippen molar-refractivity contribution in [3.63, 3.8) is 0 Å². The van der Waals surface area contributed by atoms with E-state index < -0.39 is 0 Å². The normalized spacial score (nSPS) is 25.3. The van der Waals surface area contributed by atoms with Crippen molar-refractivity contribution in [2.75, 3.05) is 45.8 Å². The van der Waals surface area contributed by atoms with Gasteiger partial charge in [-0.05, 0) is 90.1 Å². The molecule has 0 aliphatic carbocycles. The quantitative estimate of drug-likeness (QED) is 0.695. The maximum absolute atomic E-state index is 3.58. The van der Waals surface area contributed by atoms with Crippen LogP contribution in [0.2, 0.25) is 0 Å². The fourth-order valence-corrected chi connectivity index (χ4v) is 3.91. The zero-order valence-corrected chi connectivity index (χ0v) is 14.6. The molecule has 1 N–H and O–H groups in total. The summed E-state index contributed by atoms with van der Waals surface area (Å²) < 4.78 is 0. The summed E-state index contributed by atoms with van der Waals surface area (Å²) >= 11 is 0. The van der Waals surface area contributed by atoms with Crippen LogP contribution in [-0.4, -0.2) is 61.7 Å². The molecule has 2 rings (SSSR count). The van der Waals surface area contributed by atoms with E-state index in [0.29, 0.717) is 0 Å². The van der Waals surface area contributed by atoms with Crippen LogP contribution in [0.4, 0.5) is 0 Å². The molecule has 0 radical (unpaired) electrons. The van der Waals surface area contributed by atoms with Gasteiger partial charge < -0.3 is 15.1 Å². The van der Waals surface area contributed by atoms with E-state index in [1.165, 1.54) is 71.4 Å². The Morgan fingerprint density at radius 1 is 1.05 bits per heavy atom. The standard InChI is InChI=1S/C18H37N3/c1-4-9-19-14-16(2)17(3)21-12-7-18(8-13-21)15-20-10-5-6-11-20/h16-19H,4-15H2,1-3H3. The molecule has 2 atom stereocenters. The molecule has 3 nitrogen and oxygen atoms in total. The summed E-state index contributed by atoms with van der Waals surface area (Å²) in [6.07, 6.45) is 6.92. The fraction of sp³-hybridized carbons (Fsp3) is 1.00. The smallest absolute Gasteiger partial charge is 0.0105 e. The van der Waals surface area contributed by atoms with Crippen LogP contribution in [-0.2, 0) is 0 Å². The van der Waals surface area contributed by atoms with Crippen LogP contribution in [0.3, 0.4) is 0 Å². The summed E-state index contributed by atoms with van der Waals surface area (Å²) in [4.78, 5) is 5.43. The second-order valence-corrected chi connectivity index (χ2v) is 7.41. The first-order valence-electron chi connectivity index (χ1n) is 9.37. The molecule has 2 fully saturated rings. The first kappa shape index (κ1) is 17.2. The average molecular weight is 296 g/mol. The van der Waals surface area contributed by atoms with E-state index in [1.807, 2.05) is 0 Å². The van der Waals surface area contributed by atoms with Crippen LogP contribution >= 0.6 is 0 Å². The third-order valence-electron chi connectivity index (χ3n) is 5.66. The lowest BCUT2D eigenvalue weighted by molar-refractivity contribution is 0.0966. The number of piperidine rings is 1. The molecule has 2 saturated heterocycles. The van der Waals surface area contributed by atoms with Gasteiger partial charge >= 0.3 is 0 Å². The van der Waals surface area contributed by atoms with Crippen molar-refractivity contribution >= 4 is 0 Å². The number of rotatable bonds is 8. The number of hydrogen-bond donors (Lipinski definition) is 1. The van der Waals surface area contributed by atoms with Crippen LogP contribution in [0.5, 0.6) is 0 Å². The molecular weight excluding hydrogens is 258 g/mol. The monoisotopic (exact) mass is 295 g/mol. The van der Waals surface area contributed by atoms with Crippen molar-refractivity contribution in [2.45, 2.75) is 58.9 Å². The Balaban J connectivity index is 1.64. The van der Waals surface area contributed by atoms with Crippen molar-refractivity contribution in [1.29, 1.82) is 0 Å². The Hall–Kier alpha value is -0.120. The lowest BCUT2D eigenvalue weighted by Gasteiger charge is -2.39. The minimum Gasteiger partial charge on any atom is -0.316 e. The highest BCUT2D eigenvalue weighted by Crippen LogP contribution is 2.23. The highest BCUT2D eigenvalue weighted by molar-refractivity contribution is 4.82. The van der Waals surface area contributed by atoms with Crippen molar-refractivity contribution in [3.05, 3.63) is 0 Å². The van der Waals surface area contributed by atoms with Gasteiger partial charge in [-0.25, -0.2) is 0 Å². The minimum atomic E-state index is 0.724. The van der Waals surface area contributed by atoms with E-state index in [9.17, 15) is 0 Å². The number of nitrogens with zero attached hydrogens (tertiary/aromatic N) is 2. The van der Waals surface area contributed by atoms with E-state index in [4.69, 9.17) is 0 Å². The molecule has 21 heavy (non-hydrogen) atoms. The van der Waals surface area contributed by atoms with Gasteiger partial charge in [-0.15, -0.1) is 0 Å². The molecule has 2 unspecified atom stereocenters. The van der Waals surface area contributed by atoms with Gasteiger partial charge in [-0.2, -0.15) is 0 Å². The average Bonchev–Trinajstić information content (AvgIpc) is 3.00.